The molecule has 8 heteroatoms. The summed E-state index contributed by atoms with van der Waals surface area (Å²) in [6, 6.07) is 14.9. The molecular formula is C27H34N2O6. The Labute approximate surface area is 206 Å². The highest BCUT2D eigenvalue weighted by Crippen LogP contribution is 2.44. The number of hydrogen-bond acceptors (Lipinski definition) is 5. The topological polar surface area (TPSA) is 114 Å². The van der Waals surface area contributed by atoms with E-state index < -0.39 is 35.0 Å². The van der Waals surface area contributed by atoms with E-state index >= 15 is 0 Å². The van der Waals surface area contributed by atoms with Crippen molar-refractivity contribution in [2.75, 3.05) is 19.8 Å². The van der Waals surface area contributed by atoms with Gasteiger partial charge in [0.2, 0.25) is 5.91 Å². The Bertz CT molecular complexity index is 1040. The normalized spacial score (nSPS) is 14.0. The SMILES string of the molecule is CC(C)(C)OC[C@H](NC(=O)C(C)(C)CNC(=O)OCC1c2ccccc2-c2ccccc21)C(=O)O. The molecule has 0 saturated heterocycles. The van der Waals surface area contributed by atoms with Crippen LogP contribution in [0.15, 0.2) is 48.5 Å². The zero-order chi connectivity index (χ0) is 25.8. The van der Waals surface area contributed by atoms with Gasteiger partial charge in [-0.15, -0.1) is 0 Å². The molecule has 1 aliphatic carbocycles. The summed E-state index contributed by atoms with van der Waals surface area (Å²) in [6.07, 6.45) is -0.640. The second-order valence-corrected chi connectivity index (χ2v) is 10.4. The van der Waals surface area contributed by atoms with Gasteiger partial charge in [0.25, 0.3) is 0 Å². The number of carboxylic acid groups (broad SMARTS) is 1. The van der Waals surface area contributed by atoms with Crippen LogP contribution < -0.4 is 10.6 Å². The number of carboxylic acids is 1. The van der Waals surface area contributed by atoms with Gasteiger partial charge in [-0.3, -0.25) is 4.79 Å². The first-order chi connectivity index (χ1) is 16.4. The van der Waals surface area contributed by atoms with Crippen molar-refractivity contribution in [1.82, 2.24) is 10.6 Å². The Morgan fingerprint density at radius 2 is 1.49 bits per heavy atom. The van der Waals surface area contributed by atoms with E-state index in [0.717, 1.165) is 22.3 Å². The van der Waals surface area contributed by atoms with Gasteiger partial charge in [0, 0.05) is 12.5 Å². The van der Waals surface area contributed by atoms with Gasteiger partial charge >= 0.3 is 12.1 Å². The Morgan fingerprint density at radius 3 is 2.00 bits per heavy atom. The van der Waals surface area contributed by atoms with Crippen molar-refractivity contribution in [3.05, 3.63) is 59.7 Å². The number of hydrogen-bond donors (Lipinski definition) is 3. The summed E-state index contributed by atoms with van der Waals surface area (Å²) in [4.78, 5) is 36.7. The molecule has 0 spiro atoms. The number of rotatable bonds is 9. The molecule has 0 heterocycles. The summed E-state index contributed by atoms with van der Waals surface area (Å²) in [6.45, 7) is 8.62. The molecule has 1 atom stereocenters. The summed E-state index contributed by atoms with van der Waals surface area (Å²) in [5.74, 6) is -1.77. The van der Waals surface area contributed by atoms with E-state index in [0.29, 0.717) is 0 Å². The highest BCUT2D eigenvalue weighted by molar-refractivity contribution is 5.87. The number of carbonyl (C=O) groups is 3. The van der Waals surface area contributed by atoms with Gasteiger partial charge < -0.3 is 25.2 Å². The zero-order valence-corrected chi connectivity index (χ0v) is 20.9. The molecule has 2 amide bonds. The number of benzene rings is 2. The first kappa shape index (κ1) is 26.2. The molecule has 3 N–H and O–H groups in total. The lowest BCUT2D eigenvalue weighted by Crippen LogP contribution is -2.52. The van der Waals surface area contributed by atoms with Crippen LogP contribution >= 0.6 is 0 Å². The fourth-order valence-electron chi connectivity index (χ4n) is 3.88. The first-order valence-corrected chi connectivity index (χ1v) is 11.7. The molecule has 35 heavy (non-hydrogen) atoms. The van der Waals surface area contributed by atoms with Crippen molar-refractivity contribution >= 4 is 18.0 Å². The van der Waals surface area contributed by atoms with Crippen LogP contribution in [-0.4, -0.2) is 54.5 Å². The fourth-order valence-corrected chi connectivity index (χ4v) is 3.88. The fraction of sp³-hybridized carbons (Fsp3) is 0.444. The molecule has 8 nitrogen and oxygen atoms in total. The minimum Gasteiger partial charge on any atom is -0.480 e. The number of fused-ring (bicyclic) bond motifs is 3. The maximum absolute atomic E-state index is 12.7. The van der Waals surface area contributed by atoms with Crippen molar-refractivity contribution in [3.8, 4) is 11.1 Å². The molecule has 0 aliphatic heterocycles. The van der Waals surface area contributed by atoms with E-state index in [-0.39, 0.29) is 25.7 Å². The van der Waals surface area contributed by atoms with Gasteiger partial charge in [0.1, 0.15) is 6.61 Å². The van der Waals surface area contributed by atoms with Crippen LogP contribution in [0.25, 0.3) is 11.1 Å². The number of aliphatic carboxylic acids is 1. The molecule has 0 radical (unpaired) electrons. The summed E-state index contributed by atoms with van der Waals surface area (Å²) < 4.78 is 11.0. The number of carbonyl (C=O) groups excluding carboxylic acids is 2. The highest BCUT2D eigenvalue weighted by Gasteiger charge is 2.33. The molecule has 0 aromatic heterocycles. The molecule has 0 unspecified atom stereocenters. The smallest absolute Gasteiger partial charge is 0.407 e. The summed E-state index contributed by atoms with van der Waals surface area (Å²) in [5, 5.41) is 14.6. The third-order valence-electron chi connectivity index (χ3n) is 5.92. The van der Waals surface area contributed by atoms with Gasteiger partial charge in [-0.25, -0.2) is 9.59 Å². The van der Waals surface area contributed by atoms with Crippen LogP contribution in [0.1, 0.15) is 51.7 Å². The quantitative estimate of drug-likeness (QED) is 0.499. The molecule has 3 rings (SSSR count). The Balaban J connectivity index is 1.54. The second kappa shape index (κ2) is 10.5. The first-order valence-electron chi connectivity index (χ1n) is 11.7. The van der Waals surface area contributed by atoms with Crippen molar-refractivity contribution < 1.29 is 29.0 Å². The molecule has 2 aromatic carbocycles. The number of alkyl carbamates (subject to hydrolysis) is 1. The predicted octanol–water partition coefficient (Wildman–Crippen LogP) is 3.94. The molecule has 0 saturated carbocycles. The standard InChI is InChI=1S/C27H34N2O6/c1-26(2,3)35-15-22(23(30)31)29-24(32)27(4,5)16-28-25(33)34-14-21-19-12-8-6-10-17(19)18-11-7-9-13-20(18)21/h6-13,21-22H,14-16H2,1-5H3,(H,28,33)(H,29,32)(H,30,31)/t22-/m0/s1. The van der Waals surface area contributed by atoms with E-state index in [1.54, 1.807) is 34.6 Å². The van der Waals surface area contributed by atoms with E-state index in [1.807, 2.05) is 36.4 Å². The largest absolute Gasteiger partial charge is 0.480 e. The number of nitrogens with one attached hydrogen (secondary N) is 2. The third-order valence-corrected chi connectivity index (χ3v) is 5.92. The Morgan fingerprint density at radius 1 is 0.943 bits per heavy atom. The lowest BCUT2D eigenvalue weighted by atomic mass is 9.92. The maximum atomic E-state index is 12.7. The highest BCUT2D eigenvalue weighted by atomic mass is 16.5. The maximum Gasteiger partial charge on any atom is 0.407 e. The predicted molar refractivity (Wildman–Crippen MR) is 132 cm³/mol. The number of amides is 2. The van der Waals surface area contributed by atoms with Crippen molar-refractivity contribution in [2.24, 2.45) is 5.41 Å². The summed E-state index contributed by atoms with van der Waals surface area (Å²) in [5.41, 5.74) is 2.88. The molecule has 1 aliphatic rings. The number of ether oxygens (including phenoxy) is 2. The lowest BCUT2D eigenvalue weighted by Gasteiger charge is -2.28. The van der Waals surface area contributed by atoms with Gasteiger partial charge in [0.05, 0.1) is 17.6 Å². The van der Waals surface area contributed by atoms with Gasteiger partial charge in [-0.05, 0) is 56.9 Å². The van der Waals surface area contributed by atoms with Crippen molar-refractivity contribution in [2.45, 2.75) is 52.2 Å². The van der Waals surface area contributed by atoms with Gasteiger partial charge in [-0.1, -0.05) is 48.5 Å². The molecule has 2 aromatic rings. The molecular weight excluding hydrogens is 448 g/mol. The average Bonchev–Trinajstić information content (AvgIpc) is 3.12. The van der Waals surface area contributed by atoms with Crippen LogP contribution in [-0.2, 0) is 19.1 Å². The van der Waals surface area contributed by atoms with E-state index in [1.165, 1.54) is 0 Å². The van der Waals surface area contributed by atoms with Gasteiger partial charge in [-0.2, -0.15) is 0 Å². The van der Waals surface area contributed by atoms with Crippen LogP contribution in [0.4, 0.5) is 4.79 Å². The molecule has 0 fully saturated rings. The van der Waals surface area contributed by atoms with E-state index in [4.69, 9.17) is 9.47 Å². The van der Waals surface area contributed by atoms with E-state index in [2.05, 4.69) is 22.8 Å². The minimum atomic E-state index is -1.20. The lowest BCUT2D eigenvalue weighted by molar-refractivity contribution is -0.147. The molecule has 0 bridgehead atoms. The molecule has 188 valence electrons. The van der Waals surface area contributed by atoms with Crippen molar-refractivity contribution in [3.63, 3.8) is 0 Å². The monoisotopic (exact) mass is 482 g/mol. The van der Waals surface area contributed by atoms with Crippen LogP contribution in [0, 0.1) is 5.41 Å². The van der Waals surface area contributed by atoms with Crippen LogP contribution in [0.5, 0.6) is 0 Å². The minimum absolute atomic E-state index is 0.0258. The second-order valence-electron chi connectivity index (χ2n) is 10.4. The van der Waals surface area contributed by atoms with Crippen LogP contribution in [0.3, 0.4) is 0 Å². The third kappa shape index (κ3) is 6.60. The van der Waals surface area contributed by atoms with E-state index in [9.17, 15) is 19.5 Å². The average molecular weight is 483 g/mol. The summed E-state index contributed by atoms with van der Waals surface area (Å²) >= 11 is 0. The summed E-state index contributed by atoms with van der Waals surface area (Å²) in [7, 11) is 0. The van der Waals surface area contributed by atoms with Crippen LogP contribution in [0.2, 0.25) is 0 Å². The van der Waals surface area contributed by atoms with Gasteiger partial charge in [0.15, 0.2) is 6.04 Å². The Hall–Kier alpha value is -3.39. The Kier molecular flexibility index (Phi) is 7.85. The zero-order valence-electron chi connectivity index (χ0n) is 20.9. The van der Waals surface area contributed by atoms with Crippen molar-refractivity contribution in [1.29, 1.82) is 0 Å².